The number of aromatic nitrogens is 1. The molecule has 5 nitrogen and oxygen atoms in total. The molecule has 2 N–H and O–H groups in total. The number of amides is 1. The molecular formula is C10H11BrN2O3. The first-order chi connectivity index (χ1) is 7.58. The van der Waals surface area contributed by atoms with Crippen LogP contribution in [-0.4, -0.2) is 22.0 Å². The molecule has 0 unspecified atom stereocenters. The predicted molar refractivity (Wildman–Crippen MR) is 62.1 cm³/mol. The van der Waals surface area contributed by atoms with Crippen LogP contribution in [0.2, 0.25) is 0 Å². The number of hydrogen-bond donors (Lipinski definition) is 2. The molecule has 0 saturated heterocycles. The summed E-state index contributed by atoms with van der Waals surface area (Å²) in [6, 6.07) is 3.43. The van der Waals surface area contributed by atoms with Crippen molar-refractivity contribution in [3.63, 3.8) is 0 Å². The second-order valence-electron chi connectivity index (χ2n) is 3.17. The van der Waals surface area contributed by atoms with Crippen molar-refractivity contribution in [2.75, 3.05) is 5.32 Å². The minimum absolute atomic E-state index is 0.00596. The Hall–Kier alpha value is -1.43. The van der Waals surface area contributed by atoms with E-state index in [-0.39, 0.29) is 18.7 Å². The summed E-state index contributed by atoms with van der Waals surface area (Å²) in [6.07, 6.45) is 2.07. The van der Waals surface area contributed by atoms with Crippen LogP contribution >= 0.6 is 15.9 Å². The molecule has 0 aliphatic rings. The van der Waals surface area contributed by atoms with Gasteiger partial charge in [0.25, 0.3) is 0 Å². The number of nitrogens with one attached hydrogen (secondary N) is 1. The SMILES string of the molecule is O=C(O)CCCC(=O)Nc1ccc(Br)nc1. The molecule has 1 rings (SSSR count). The number of carboxylic acids is 1. The number of carboxylic acid groups (broad SMARTS) is 1. The lowest BCUT2D eigenvalue weighted by molar-refractivity contribution is -0.137. The molecule has 1 heterocycles. The van der Waals surface area contributed by atoms with Gasteiger partial charge < -0.3 is 10.4 Å². The van der Waals surface area contributed by atoms with Crippen molar-refractivity contribution in [1.29, 1.82) is 0 Å². The van der Waals surface area contributed by atoms with Gasteiger partial charge in [0.05, 0.1) is 11.9 Å². The van der Waals surface area contributed by atoms with Crippen LogP contribution in [0.1, 0.15) is 19.3 Å². The Bertz CT molecular complexity index is 378. The highest BCUT2D eigenvalue weighted by atomic mass is 79.9. The summed E-state index contributed by atoms with van der Waals surface area (Å²) in [5.74, 6) is -1.09. The number of nitrogens with zero attached hydrogens (tertiary/aromatic N) is 1. The molecule has 0 aliphatic carbocycles. The summed E-state index contributed by atoms with van der Waals surface area (Å²) < 4.78 is 0.691. The van der Waals surface area contributed by atoms with Crippen molar-refractivity contribution in [3.05, 3.63) is 22.9 Å². The summed E-state index contributed by atoms with van der Waals surface area (Å²) in [5.41, 5.74) is 0.600. The quantitative estimate of drug-likeness (QED) is 0.812. The summed E-state index contributed by atoms with van der Waals surface area (Å²) in [7, 11) is 0. The van der Waals surface area contributed by atoms with Gasteiger partial charge in [0, 0.05) is 12.8 Å². The largest absolute Gasteiger partial charge is 0.481 e. The zero-order valence-electron chi connectivity index (χ0n) is 8.44. The van der Waals surface area contributed by atoms with E-state index in [1.54, 1.807) is 12.1 Å². The second kappa shape index (κ2) is 6.22. The molecule has 0 aromatic carbocycles. The van der Waals surface area contributed by atoms with Gasteiger partial charge in [0.1, 0.15) is 4.60 Å². The number of pyridine rings is 1. The Morgan fingerprint density at radius 3 is 2.69 bits per heavy atom. The van der Waals surface area contributed by atoms with Gasteiger partial charge in [0.15, 0.2) is 0 Å². The third kappa shape index (κ3) is 4.88. The Kier molecular flexibility index (Phi) is 4.91. The smallest absolute Gasteiger partial charge is 0.303 e. The third-order valence-corrected chi connectivity index (χ3v) is 2.27. The molecule has 0 saturated carbocycles. The predicted octanol–water partition coefficient (Wildman–Crippen LogP) is 2.04. The molecule has 0 atom stereocenters. The second-order valence-corrected chi connectivity index (χ2v) is 3.98. The fourth-order valence-electron chi connectivity index (χ4n) is 1.07. The average Bonchev–Trinajstić information content (AvgIpc) is 2.21. The number of hydrogen-bond acceptors (Lipinski definition) is 3. The van der Waals surface area contributed by atoms with Crippen molar-refractivity contribution in [1.82, 2.24) is 4.98 Å². The first-order valence-corrected chi connectivity index (χ1v) is 5.50. The van der Waals surface area contributed by atoms with Crippen molar-refractivity contribution in [2.45, 2.75) is 19.3 Å². The van der Waals surface area contributed by atoms with Crippen LogP contribution in [0.4, 0.5) is 5.69 Å². The van der Waals surface area contributed by atoms with E-state index in [1.165, 1.54) is 6.20 Å². The molecule has 1 aromatic rings. The number of aliphatic carboxylic acids is 1. The zero-order valence-corrected chi connectivity index (χ0v) is 10.0. The molecule has 16 heavy (non-hydrogen) atoms. The maximum absolute atomic E-state index is 11.3. The van der Waals surface area contributed by atoms with Crippen molar-refractivity contribution < 1.29 is 14.7 Å². The van der Waals surface area contributed by atoms with E-state index in [2.05, 4.69) is 26.2 Å². The summed E-state index contributed by atoms with van der Waals surface area (Å²) >= 11 is 3.18. The van der Waals surface area contributed by atoms with Gasteiger partial charge >= 0.3 is 5.97 Å². The summed E-state index contributed by atoms with van der Waals surface area (Å²) in [5, 5.41) is 11.0. The Balaban J connectivity index is 2.34. The number of halogens is 1. The van der Waals surface area contributed by atoms with Crippen LogP contribution in [0.15, 0.2) is 22.9 Å². The monoisotopic (exact) mass is 286 g/mol. The zero-order chi connectivity index (χ0) is 12.0. The van der Waals surface area contributed by atoms with E-state index in [0.717, 1.165) is 0 Å². The first-order valence-electron chi connectivity index (χ1n) is 4.71. The number of anilines is 1. The molecule has 86 valence electrons. The molecular weight excluding hydrogens is 276 g/mol. The minimum Gasteiger partial charge on any atom is -0.481 e. The number of carbonyl (C=O) groups is 2. The van der Waals surface area contributed by atoms with E-state index in [1.807, 2.05) is 0 Å². The summed E-state index contributed by atoms with van der Waals surface area (Å²) in [4.78, 5) is 25.5. The van der Waals surface area contributed by atoms with Crippen LogP contribution < -0.4 is 5.32 Å². The van der Waals surface area contributed by atoms with Crippen molar-refractivity contribution in [2.24, 2.45) is 0 Å². The Morgan fingerprint density at radius 1 is 1.38 bits per heavy atom. The van der Waals surface area contributed by atoms with Crippen molar-refractivity contribution >= 4 is 33.5 Å². The first kappa shape index (κ1) is 12.6. The maximum atomic E-state index is 11.3. The van der Waals surface area contributed by atoms with Crippen LogP contribution in [0.3, 0.4) is 0 Å². The molecule has 0 fully saturated rings. The molecule has 0 aliphatic heterocycles. The molecule has 1 amide bonds. The summed E-state index contributed by atoms with van der Waals surface area (Å²) in [6.45, 7) is 0. The normalized spacial score (nSPS) is 9.81. The van der Waals surface area contributed by atoms with E-state index in [9.17, 15) is 9.59 Å². The highest BCUT2D eigenvalue weighted by Crippen LogP contribution is 2.11. The van der Waals surface area contributed by atoms with Gasteiger partial charge in [-0.15, -0.1) is 0 Å². The molecule has 0 radical (unpaired) electrons. The minimum atomic E-state index is -0.891. The Labute approximate surface area is 101 Å². The Morgan fingerprint density at radius 2 is 2.12 bits per heavy atom. The lowest BCUT2D eigenvalue weighted by Gasteiger charge is -2.03. The highest BCUT2D eigenvalue weighted by molar-refractivity contribution is 9.10. The van der Waals surface area contributed by atoms with E-state index in [0.29, 0.717) is 16.7 Å². The lowest BCUT2D eigenvalue weighted by atomic mass is 10.2. The maximum Gasteiger partial charge on any atom is 0.303 e. The standard InChI is InChI=1S/C10H11BrN2O3/c11-8-5-4-7(6-12-8)13-9(14)2-1-3-10(15)16/h4-6H,1-3H2,(H,13,14)(H,15,16). The molecule has 1 aromatic heterocycles. The lowest BCUT2D eigenvalue weighted by Crippen LogP contribution is -2.11. The molecule has 6 heteroatoms. The van der Waals surface area contributed by atoms with Crippen LogP contribution in [0.5, 0.6) is 0 Å². The topological polar surface area (TPSA) is 79.3 Å². The van der Waals surface area contributed by atoms with E-state index < -0.39 is 5.97 Å². The molecule has 0 bridgehead atoms. The fourth-order valence-corrected chi connectivity index (χ4v) is 1.31. The van der Waals surface area contributed by atoms with Crippen LogP contribution in [-0.2, 0) is 9.59 Å². The van der Waals surface area contributed by atoms with Gasteiger partial charge in [0.2, 0.25) is 5.91 Å². The van der Waals surface area contributed by atoms with Gasteiger partial charge in [-0.2, -0.15) is 0 Å². The van der Waals surface area contributed by atoms with Gasteiger partial charge in [-0.1, -0.05) is 0 Å². The number of carbonyl (C=O) groups excluding carboxylic acids is 1. The fraction of sp³-hybridized carbons (Fsp3) is 0.300. The van der Waals surface area contributed by atoms with E-state index in [4.69, 9.17) is 5.11 Å². The van der Waals surface area contributed by atoms with Crippen molar-refractivity contribution in [3.8, 4) is 0 Å². The van der Waals surface area contributed by atoms with Crippen LogP contribution in [0, 0.1) is 0 Å². The molecule has 0 spiro atoms. The number of rotatable bonds is 5. The van der Waals surface area contributed by atoms with Gasteiger partial charge in [-0.3, -0.25) is 9.59 Å². The highest BCUT2D eigenvalue weighted by Gasteiger charge is 2.04. The van der Waals surface area contributed by atoms with Crippen LogP contribution in [0.25, 0.3) is 0 Å². The van der Waals surface area contributed by atoms with Gasteiger partial charge in [-0.05, 0) is 34.5 Å². The van der Waals surface area contributed by atoms with E-state index >= 15 is 0 Å². The van der Waals surface area contributed by atoms with Gasteiger partial charge in [-0.25, -0.2) is 4.98 Å². The third-order valence-electron chi connectivity index (χ3n) is 1.81. The average molecular weight is 287 g/mol.